The molecule has 8 aromatic heterocycles. The molecule has 10 aromatic rings. The van der Waals surface area contributed by atoms with Crippen molar-refractivity contribution in [3.63, 3.8) is 0 Å². The van der Waals surface area contributed by atoms with Crippen LogP contribution in [0.25, 0.3) is 78.4 Å². The Kier molecular flexibility index (Phi) is 12.9. The first kappa shape index (κ1) is 48.0. The zero-order valence-electron chi connectivity index (χ0n) is 43.5. The molecule has 388 valence electrons. The molecule has 2 saturated heterocycles. The third-order valence-electron chi connectivity index (χ3n) is 16.8. The Hall–Kier alpha value is -7.64. The van der Waals surface area contributed by atoms with Gasteiger partial charge in [-0.3, -0.25) is 9.80 Å². The Morgan fingerprint density at radius 2 is 0.789 bits per heavy atom. The number of nitrogen functional groups attached to an aromatic ring is 2. The fourth-order valence-electron chi connectivity index (χ4n) is 12.4. The third-order valence-corrected chi connectivity index (χ3v) is 16.8. The molecule has 18 heteroatoms. The van der Waals surface area contributed by atoms with E-state index in [1.807, 2.05) is 57.6 Å². The van der Waals surface area contributed by atoms with E-state index in [0.717, 1.165) is 104 Å². The minimum atomic E-state index is 0.321. The van der Waals surface area contributed by atoms with Crippen LogP contribution in [0.1, 0.15) is 63.5 Å². The van der Waals surface area contributed by atoms with E-state index in [9.17, 15) is 0 Å². The van der Waals surface area contributed by atoms with Crippen LogP contribution in [0.2, 0.25) is 0 Å². The van der Waals surface area contributed by atoms with Crippen LogP contribution in [-0.2, 0) is 0 Å². The Bertz CT molecular complexity index is 3310. The van der Waals surface area contributed by atoms with Gasteiger partial charge >= 0.3 is 0 Å². The lowest BCUT2D eigenvalue weighted by molar-refractivity contribution is 0.0815. The molecule has 10 heterocycles. The quantitative estimate of drug-likeness (QED) is 0.148. The first-order chi connectivity index (χ1) is 37.3. The molecule has 2 aliphatic carbocycles. The summed E-state index contributed by atoms with van der Waals surface area (Å²) in [6.45, 7) is 9.37. The van der Waals surface area contributed by atoms with Gasteiger partial charge in [-0.25, -0.2) is 39.3 Å². The monoisotopic (exact) mass is 1010 g/mol. The average Bonchev–Trinajstić information content (AvgIpc) is 4.30. The van der Waals surface area contributed by atoms with E-state index in [1.165, 1.54) is 78.0 Å². The molecule has 4 N–H and O–H groups in total. The maximum absolute atomic E-state index is 6.40. The number of hydrogen-bond acceptors (Lipinski definition) is 14. The number of nitrogens with two attached hydrogens (primary N) is 2. The summed E-state index contributed by atoms with van der Waals surface area (Å²) in [6, 6.07) is 30.8. The Morgan fingerprint density at radius 1 is 0.421 bits per heavy atom. The van der Waals surface area contributed by atoms with Crippen LogP contribution in [0.5, 0.6) is 0 Å². The number of pyridine rings is 2. The van der Waals surface area contributed by atoms with Gasteiger partial charge in [0, 0.05) is 111 Å². The van der Waals surface area contributed by atoms with Crippen molar-refractivity contribution in [2.45, 2.75) is 75.5 Å². The van der Waals surface area contributed by atoms with Crippen molar-refractivity contribution in [3.05, 3.63) is 122 Å². The molecular formula is C58H66N18. The molecule has 0 unspecified atom stereocenters. The zero-order chi connectivity index (χ0) is 51.3. The van der Waals surface area contributed by atoms with E-state index in [4.69, 9.17) is 31.6 Å². The van der Waals surface area contributed by atoms with Crippen molar-refractivity contribution in [2.24, 2.45) is 0 Å². The lowest BCUT2D eigenvalue weighted by atomic mass is 9.90. The SMILES string of the molecule is CN1CCN([C@H]2CC[C@@H](n3nc(-c4ccc(-c5cn6ccccc6n5)cc4)c4c(N)ncnc43)CC2)CC1.CN1CCN([C@H]2CC[C@@H](n3nc(-c4ccc(-c5cn6ccccc6n5)cc4)c4c(N)ncnc43)CC2)CC1. The van der Waals surface area contributed by atoms with Crippen molar-refractivity contribution in [1.82, 2.24) is 77.9 Å². The highest BCUT2D eigenvalue weighted by molar-refractivity contribution is 5.99. The van der Waals surface area contributed by atoms with Crippen LogP contribution in [0, 0.1) is 0 Å². The van der Waals surface area contributed by atoms with Gasteiger partial charge in [-0.1, -0.05) is 60.7 Å². The summed E-state index contributed by atoms with van der Waals surface area (Å²) < 4.78 is 8.32. The van der Waals surface area contributed by atoms with Crippen molar-refractivity contribution < 1.29 is 0 Å². The van der Waals surface area contributed by atoms with E-state index in [1.54, 1.807) is 12.7 Å². The Morgan fingerprint density at radius 3 is 1.17 bits per heavy atom. The summed E-state index contributed by atoms with van der Waals surface area (Å²) in [5, 5.41) is 11.9. The van der Waals surface area contributed by atoms with Crippen LogP contribution in [0.15, 0.2) is 122 Å². The summed E-state index contributed by atoms with van der Waals surface area (Å²) in [4.78, 5) is 37.7. The van der Waals surface area contributed by atoms with Gasteiger partial charge in [-0.2, -0.15) is 10.2 Å². The number of anilines is 2. The first-order valence-electron chi connectivity index (χ1n) is 27.2. The number of piperazine rings is 2. The van der Waals surface area contributed by atoms with Crippen LogP contribution in [0.4, 0.5) is 11.6 Å². The van der Waals surface area contributed by atoms with Crippen molar-refractivity contribution >= 4 is 45.0 Å². The lowest BCUT2D eigenvalue weighted by Gasteiger charge is -2.41. The molecule has 0 radical (unpaired) electrons. The molecule has 0 spiro atoms. The highest BCUT2D eigenvalue weighted by Gasteiger charge is 2.33. The van der Waals surface area contributed by atoms with Gasteiger partial charge in [0.05, 0.1) is 34.2 Å². The number of aromatic nitrogens is 12. The van der Waals surface area contributed by atoms with E-state index in [0.29, 0.717) is 35.8 Å². The summed E-state index contributed by atoms with van der Waals surface area (Å²) in [5.41, 5.74) is 24.1. The summed E-state index contributed by atoms with van der Waals surface area (Å²) in [6.07, 6.45) is 20.4. The standard InChI is InChI=1S/2C29H33N9/c2*1-35-14-16-36(17-15-35)22-9-11-23(12-10-22)38-29-26(28(30)31-19-32-29)27(34-38)21-7-5-20(6-8-21)24-18-37-13-3-2-4-25(37)33-24/h2*2-8,13,18-19,22-23H,9-12,14-17H2,1H3,(H2,30,31,32)/t2*22-,23+. The highest BCUT2D eigenvalue weighted by Crippen LogP contribution is 2.40. The van der Waals surface area contributed by atoms with E-state index < -0.39 is 0 Å². The molecule has 76 heavy (non-hydrogen) atoms. The van der Waals surface area contributed by atoms with Gasteiger partial charge in [0.2, 0.25) is 0 Å². The van der Waals surface area contributed by atoms with Crippen molar-refractivity contribution in [2.75, 3.05) is 77.9 Å². The summed E-state index contributed by atoms with van der Waals surface area (Å²) in [7, 11) is 4.43. The Labute approximate surface area is 442 Å². The molecule has 14 rings (SSSR count). The number of rotatable bonds is 8. The fraction of sp³-hybridized carbons (Fsp3) is 0.379. The van der Waals surface area contributed by atoms with Gasteiger partial charge in [-0.05, 0) is 89.7 Å². The van der Waals surface area contributed by atoms with E-state index in [-0.39, 0.29) is 0 Å². The number of benzene rings is 2. The van der Waals surface area contributed by atoms with Crippen molar-refractivity contribution in [1.29, 1.82) is 0 Å². The first-order valence-corrected chi connectivity index (χ1v) is 27.2. The third kappa shape index (κ3) is 9.32. The van der Waals surface area contributed by atoms with Crippen LogP contribution >= 0.6 is 0 Å². The molecule has 4 aliphatic rings. The van der Waals surface area contributed by atoms with Gasteiger partial charge in [0.15, 0.2) is 11.3 Å². The topological polar surface area (TPSA) is 187 Å². The largest absolute Gasteiger partial charge is 0.383 e. The molecule has 4 fully saturated rings. The zero-order valence-corrected chi connectivity index (χ0v) is 43.5. The number of imidazole rings is 2. The second-order valence-corrected chi connectivity index (χ2v) is 21.4. The van der Waals surface area contributed by atoms with Crippen LogP contribution in [0.3, 0.4) is 0 Å². The van der Waals surface area contributed by atoms with Crippen molar-refractivity contribution in [3.8, 4) is 45.0 Å². The van der Waals surface area contributed by atoms with Gasteiger partial charge in [0.1, 0.15) is 47.0 Å². The lowest BCUT2D eigenvalue weighted by Crippen LogP contribution is -2.49. The molecule has 2 saturated carbocycles. The van der Waals surface area contributed by atoms with E-state index in [2.05, 4.69) is 124 Å². The fourth-order valence-corrected chi connectivity index (χ4v) is 12.4. The normalized spacial score (nSPS) is 21.4. The number of fused-ring (bicyclic) bond motifs is 4. The van der Waals surface area contributed by atoms with Gasteiger partial charge in [-0.15, -0.1) is 0 Å². The molecule has 18 nitrogen and oxygen atoms in total. The van der Waals surface area contributed by atoms with Gasteiger partial charge < -0.3 is 30.1 Å². The minimum absolute atomic E-state index is 0.321. The predicted octanol–water partition coefficient (Wildman–Crippen LogP) is 8.24. The second kappa shape index (κ2) is 20.5. The number of nitrogens with zero attached hydrogens (tertiary/aromatic N) is 16. The van der Waals surface area contributed by atoms with Crippen LogP contribution < -0.4 is 11.5 Å². The van der Waals surface area contributed by atoms with Gasteiger partial charge in [0.25, 0.3) is 0 Å². The molecule has 2 aromatic carbocycles. The minimum Gasteiger partial charge on any atom is -0.383 e. The molecule has 0 bridgehead atoms. The highest BCUT2D eigenvalue weighted by atomic mass is 15.3. The predicted molar refractivity (Wildman–Crippen MR) is 299 cm³/mol. The molecule has 2 aliphatic heterocycles. The number of hydrogen-bond donors (Lipinski definition) is 2. The van der Waals surface area contributed by atoms with Crippen LogP contribution in [-0.4, -0.2) is 156 Å². The maximum atomic E-state index is 6.40. The second-order valence-electron chi connectivity index (χ2n) is 21.4. The van der Waals surface area contributed by atoms with E-state index >= 15 is 0 Å². The molecular weight excluding hydrogens is 949 g/mol. The number of likely N-dealkylation sites (N-methyl/N-ethyl adjacent to an activating group) is 2. The smallest absolute Gasteiger partial charge is 0.164 e. The molecule has 0 atom stereocenters. The summed E-state index contributed by atoms with van der Waals surface area (Å²) >= 11 is 0. The maximum Gasteiger partial charge on any atom is 0.164 e. The average molecular weight is 1020 g/mol. The molecule has 0 amide bonds. The Balaban J connectivity index is 0.000000146. The summed E-state index contributed by atoms with van der Waals surface area (Å²) in [5.74, 6) is 0.957.